The third kappa shape index (κ3) is 5.94. The molecule has 0 amide bonds. The zero-order chi connectivity index (χ0) is 21.6. The van der Waals surface area contributed by atoms with Gasteiger partial charge in [-0.3, -0.25) is 4.68 Å². The minimum atomic E-state index is -0.372. The fraction of sp³-hybridized carbons (Fsp3) is 0.609. The van der Waals surface area contributed by atoms with E-state index in [1.807, 2.05) is 35.3 Å². The molecular formula is C23H35BN2O4. The molecule has 1 aliphatic heterocycles. The van der Waals surface area contributed by atoms with Gasteiger partial charge in [-0.05, 0) is 53.0 Å². The van der Waals surface area contributed by atoms with Gasteiger partial charge in [-0.25, -0.2) is 0 Å². The van der Waals surface area contributed by atoms with Gasteiger partial charge in [0, 0.05) is 37.7 Å². The molecule has 1 fully saturated rings. The molecule has 1 atom stereocenters. The lowest BCUT2D eigenvalue weighted by Gasteiger charge is -2.32. The number of hydrogen-bond donors (Lipinski definition) is 0. The number of ether oxygens (including phenoxy) is 2. The molecule has 7 heteroatoms. The molecule has 3 rings (SSSR count). The fourth-order valence-corrected chi connectivity index (χ4v) is 3.21. The van der Waals surface area contributed by atoms with E-state index in [1.54, 1.807) is 0 Å². The molecule has 0 unspecified atom stereocenters. The average Bonchev–Trinajstić information content (AvgIpc) is 3.27. The summed E-state index contributed by atoms with van der Waals surface area (Å²) in [5.41, 5.74) is 1.47. The Hall–Kier alpha value is -1.67. The summed E-state index contributed by atoms with van der Waals surface area (Å²) in [7, 11) is -0.372. The summed E-state index contributed by atoms with van der Waals surface area (Å²) in [4.78, 5) is 0. The Labute approximate surface area is 181 Å². The Balaban J connectivity index is 1.31. The second-order valence-electron chi connectivity index (χ2n) is 8.98. The van der Waals surface area contributed by atoms with Crippen LogP contribution in [0, 0.1) is 0 Å². The molecule has 1 saturated heterocycles. The van der Waals surface area contributed by atoms with Gasteiger partial charge in [0.25, 0.3) is 0 Å². The van der Waals surface area contributed by atoms with Gasteiger partial charge in [-0.1, -0.05) is 30.3 Å². The van der Waals surface area contributed by atoms with E-state index in [0.29, 0.717) is 26.4 Å². The number of benzene rings is 1. The fourth-order valence-electron chi connectivity index (χ4n) is 3.21. The summed E-state index contributed by atoms with van der Waals surface area (Å²) in [6.45, 7) is 13.2. The maximum Gasteiger partial charge on any atom is 0.498 e. The van der Waals surface area contributed by atoms with Crippen LogP contribution in [0.3, 0.4) is 0 Å². The molecule has 0 N–H and O–H groups in total. The summed E-state index contributed by atoms with van der Waals surface area (Å²) < 4.78 is 25.6. The summed E-state index contributed by atoms with van der Waals surface area (Å²) in [6, 6.07) is 10.5. The van der Waals surface area contributed by atoms with E-state index in [1.165, 1.54) is 5.56 Å². The molecule has 0 radical (unpaired) electrons. The highest BCUT2D eigenvalue weighted by Gasteiger charge is 2.52. The predicted molar refractivity (Wildman–Crippen MR) is 119 cm³/mol. The van der Waals surface area contributed by atoms with Crippen molar-refractivity contribution in [2.75, 3.05) is 19.8 Å². The quantitative estimate of drug-likeness (QED) is 0.414. The van der Waals surface area contributed by atoms with Crippen LogP contribution in [-0.2, 0) is 25.4 Å². The van der Waals surface area contributed by atoms with E-state index in [0.717, 1.165) is 18.3 Å². The highest BCUT2D eigenvalue weighted by Crippen LogP contribution is 2.36. The van der Waals surface area contributed by atoms with Crippen LogP contribution in [-0.4, -0.2) is 47.9 Å². The van der Waals surface area contributed by atoms with Crippen LogP contribution in [0.5, 0.6) is 0 Å². The molecule has 2 aromatic rings. The van der Waals surface area contributed by atoms with Crippen molar-refractivity contribution in [2.24, 2.45) is 0 Å². The van der Waals surface area contributed by atoms with E-state index in [9.17, 15) is 0 Å². The van der Waals surface area contributed by atoms with Crippen LogP contribution < -0.4 is 5.46 Å². The van der Waals surface area contributed by atoms with Crippen LogP contribution >= 0.6 is 0 Å². The Bertz CT molecular complexity index is 763. The van der Waals surface area contributed by atoms with Crippen molar-refractivity contribution < 1.29 is 18.8 Å². The minimum Gasteiger partial charge on any atom is -0.399 e. The van der Waals surface area contributed by atoms with E-state index < -0.39 is 0 Å². The molecule has 2 heterocycles. The van der Waals surface area contributed by atoms with Gasteiger partial charge in [-0.15, -0.1) is 0 Å². The largest absolute Gasteiger partial charge is 0.498 e. The molecular weight excluding hydrogens is 379 g/mol. The topological polar surface area (TPSA) is 54.7 Å². The predicted octanol–water partition coefficient (Wildman–Crippen LogP) is 3.76. The number of nitrogens with zero attached hydrogens (tertiary/aromatic N) is 2. The van der Waals surface area contributed by atoms with E-state index in [2.05, 4.69) is 51.9 Å². The maximum absolute atomic E-state index is 6.10. The zero-order valence-electron chi connectivity index (χ0n) is 19.0. The van der Waals surface area contributed by atoms with Crippen molar-refractivity contribution in [1.29, 1.82) is 0 Å². The molecule has 1 aromatic heterocycles. The van der Waals surface area contributed by atoms with Gasteiger partial charge in [0.15, 0.2) is 0 Å². The Morgan fingerprint density at radius 3 is 2.37 bits per heavy atom. The standard InChI is InChI=1S/C23H35BN2O4/c1-19(12-15-27-13-9-14-28-18-20-10-7-6-8-11-20)26-17-21(16-25-26)24-29-22(2,3)23(4,5)30-24/h6-8,10-11,16-17,19H,9,12-15,18H2,1-5H3/t19-/m1/s1. The molecule has 30 heavy (non-hydrogen) atoms. The van der Waals surface area contributed by atoms with Crippen LogP contribution in [0.1, 0.15) is 59.1 Å². The molecule has 0 aliphatic carbocycles. The second-order valence-corrected chi connectivity index (χ2v) is 8.98. The van der Waals surface area contributed by atoms with Gasteiger partial charge >= 0.3 is 7.12 Å². The lowest BCUT2D eigenvalue weighted by Crippen LogP contribution is -2.41. The van der Waals surface area contributed by atoms with Crippen LogP contribution in [0.15, 0.2) is 42.7 Å². The highest BCUT2D eigenvalue weighted by atomic mass is 16.7. The van der Waals surface area contributed by atoms with E-state index in [-0.39, 0.29) is 24.4 Å². The highest BCUT2D eigenvalue weighted by molar-refractivity contribution is 6.62. The lowest BCUT2D eigenvalue weighted by molar-refractivity contribution is 0.00578. The normalized spacial score (nSPS) is 18.6. The first-order chi connectivity index (χ1) is 14.3. The van der Waals surface area contributed by atoms with Gasteiger partial charge < -0.3 is 18.8 Å². The van der Waals surface area contributed by atoms with Crippen LogP contribution in [0.2, 0.25) is 0 Å². The van der Waals surface area contributed by atoms with Crippen molar-refractivity contribution in [3.63, 3.8) is 0 Å². The lowest BCUT2D eigenvalue weighted by atomic mass is 9.82. The van der Waals surface area contributed by atoms with Crippen LogP contribution in [0.25, 0.3) is 0 Å². The minimum absolute atomic E-state index is 0.246. The summed E-state index contributed by atoms with van der Waals surface area (Å²) >= 11 is 0. The molecule has 1 aliphatic rings. The third-order valence-corrected chi connectivity index (χ3v) is 5.97. The summed E-state index contributed by atoms with van der Waals surface area (Å²) in [5, 5.41) is 4.51. The monoisotopic (exact) mass is 414 g/mol. The molecule has 1 aromatic carbocycles. The molecule has 0 saturated carbocycles. The Kier molecular flexibility index (Phi) is 7.74. The summed E-state index contributed by atoms with van der Waals surface area (Å²) in [6.07, 6.45) is 5.65. The smallest absolute Gasteiger partial charge is 0.399 e. The van der Waals surface area contributed by atoms with Crippen molar-refractivity contribution in [3.05, 3.63) is 48.3 Å². The van der Waals surface area contributed by atoms with E-state index in [4.69, 9.17) is 18.8 Å². The first kappa shape index (κ1) is 23.0. The van der Waals surface area contributed by atoms with Crippen molar-refractivity contribution in [1.82, 2.24) is 9.78 Å². The van der Waals surface area contributed by atoms with Gasteiger partial charge in [-0.2, -0.15) is 5.10 Å². The van der Waals surface area contributed by atoms with Gasteiger partial charge in [0.2, 0.25) is 0 Å². The van der Waals surface area contributed by atoms with E-state index >= 15 is 0 Å². The second kappa shape index (κ2) is 10.1. The zero-order valence-corrected chi connectivity index (χ0v) is 19.0. The van der Waals surface area contributed by atoms with Crippen molar-refractivity contribution in [2.45, 2.75) is 71.3 Å². The first-order valence-electron chi connectivity index (χ1n) is 10.9. The number of rotatable bonds is 11. The molecule has 164 valence electrons. The number of hydrogen-bond acceptors (Lipinski definition) is 5. The maximum atomic E-state index is 6.10. The summed E-state index contributed by atoms with van der Waals surface area (Å²) in [5.74, 6) is 0. The van der Waals surface area contributed by atoms with Crippen molar-refractivity contribution in [3.8, 4) is 0 Å². The SMILES string of the molecule is C[C@H](CCOCCCOCc1ccccc1)n1cc(B2OC(C)(C)C(C)(C)O2)cn1. The first-order valence-corrected chi connectivity index (χ1v) is 10.9. The van der Waals surface area contributed by atoms with Gasteiger partial charge in [0.05, 0.1) is 23.9 Å². The van der Waals surface area contributed by atoms with Gasteiger partial charge in [0.1, 0.15) is 0 Å². The molecule has 0 spiro atoms. The van der Waals surface area contributed by atoms with Crippen molar-refractivity contribution >= 4 is 12.6 Å². The average molecular weight is 414 g/mol. The molecule has 0 bridgehead atoms. The number of aromatic nitrogens is 2. The Morgan fingerprint density at radius 1 is 1.00 bits per heavy atom. The van der Waals surface area contributed by atoms with Crippen LogP contribution in [0.4, 0.5) is 0 Å². The molecule has 6 nitrogen and oxygen atoms in total. The third-order valence-electron chi connectivity index (χ3n) is 5.97. The Morgan fingerprint density at radius 2 is 1.67 bits per heavy atom.